The van der Waals surface area contributed by atoms with E-state index in [0.717, 1.165) is 37.3 Å². The van der Waals surface area contributed by atoms with Gasteiger partial charge in [0.25, 0.3) is 0 Å². The van der Waals surface area contributed by atoms with Crippen LogP contribution < -0.4 is 0 Å². The molecule has 4 rings (SSSR count). The first-order valence-electron chi connectivity index (χ1n) is 7.88. The summed E-state index contributed by atoms with van der Waals surface area (Å²) in [6.07, 6.45) is 8.64. The fourth-order valence-electron chi connectivity index (χ4n) is 5.26. The number of hydrogen-bond acceptors (Lipinski definition) is 2. The van der Waals surface area contributed by atoms with Gasteiger partial charge in [-0.05, 0) is 63.5 Å². The molecule has 4 fully saturated rings. The number of amides is 1. The third-order valence-corrected chi connectivity index (χ3v) is 5.88. The Morgan fingerprint density at radius 2 is 1.83 bits per heavy atom. The number of carbonyl (C=O) groups is 1. The summed E-state index contributed by atoms with van der Waals surface area (Å²) in [7, 11) is 0. The average molecular weight is 248 g/mol. The number of nitrogens with zero attached hydrogens (tertiary/aromatic N) is 2. The predicted octanol–water partition coefficient (Wildman–Crippen LogP) is 1.87. The molecule has 4 aliphatic rings. The van der Waals surface area contributed by atoms with E-state index in [2.05, 4.69) is 9.80 Å². The highest BCUT2D eigenvalue weighted by Gasteiger charge is 2.50. The summed E-state index contributed by atoms with van der Waals surface area (Å²) in [5, 5.41) is 0. The summed E-state index contributed by atoms with van der Waals surface area (Å²) >= 11 is 0. The maximum atomic E-state index is 12.2. The summed E-state index contributed by atoms with van der Waals surface area (Å²) in [6.45, 7) is 3.71. The van der Waals surface area contributed by atoms with Gasteiger partial charge in [0.1, 0.15) is 0 Å². The van der Waals surface area contributed by atoms with Crippen LogP contribution in [0.25, 0.3) is 0 Å². The molecule has 0 N–H and O–H groups in total. The first-order chi connectivity index (χ1) is 8.84. The van der Waals surface area contributed by atoms with Gasteiger partial charge in [0.15, 0.2) is 0 Å². The van der Waals surface area contributed by atoms with Crippen LogP contribution in [0.4, 0.5) is 0 Å². The fraction of sp³-hybridized carbons (Fsp3) is 0.933. The topological polar surface area (TPSA) is 23.6 Å². The van der Waals surface area contributed by atoms with Crippen LogP contribution in [0.2, 0.25) is 0 Å². The average Bonchev–Trinajstić information content (AvgIpc) is 2.41. The zero-order valence-corrected chi connectivity index (χ0v) is 11.2. The number of fused-ring (bicyclic) bond motifs is 2. The van der Waals surface area contributed by atoms with Gasteiger partial charge < -0.3 is 4.90 Å². The number of carbonyl (C=O) groups excluding carboxylic acids is 1. The van der Waals surface area contributed by atoms with Crippen LogP contribution in [0.1, 0.15) is 44.9 Å². The molecular formula is C15H24N2O. The van der Waals surface area contributed by atoms with Gasteiger partial charge >= 0.3 is 0 Å². The number of piperidine rings is 4. The van der Waals surface area contributed by atoms with Crippen molar-refractivity contribution in [2.24, 2.45) is 11.8 Å². The van der Waals surface area contributed by atoms with Gasteiger partial charge in [-0.2, -0.15) is 0 Å². The lowest BCUT2D eigenvalue weighted by Gasteiger charge is -2.58. The minimum atomic E-state index is 0.451. The molecule has 4 saturated heterocycles. The van der Waals surface area contributed by atoms with Crippen LogP contribution in [0.3, 0.4) is 0 Å². The largest absolute Gasteiger partial charge is 0.339 e. The normalized spacial score (nSPS) is 44.4. The van der Waals surface area contributed by atoms with Crippen LogP contribution in [-0.4, -0.2) is 47.4 Å². The van der Waals surface area contributed by atoms with Crippen LogP contribution in [0, 0.1) is 11.8 Å². The zero-order chi connectivity index (χ0) is 12.1. The van der Waals surface area contributed by atoms with Gasteiger partial charge in [-0.25, -0.2) is 0 Å². The van der Waals surface area contributed by atoms with E-state index in [-0.39, 0.29) is 0 Å². The molecule has 2 unspecified atom stereocenters. The Morgan fingerprint density at radius 1 is 1.00 bits per heavy atom. The highest BCUT2D eigenvalue weighted by atomic mass is 16.2. The van der Waals surface area contributed by atoms with Gasteiger partial charge in [-0.15, -0.1) is 0 Å². The predicted molar refractivity (Wildman–Crippen MR) is 70.2 cm³/mol. The molecule has 0 spiro atoms. The van der Waals surface area contributed by atoms with Gasteiger partial charge in [0.05, 0.1) is 0 Å². The Balaban J connectivity index is 1.66. The highest BCUT2D eigenvalue weighted by Crippen LogP contribution is 2.44. The van der Waals surface area contributed by atoms with E-state index in [9.17, 15) is 4.79 Å². The first-order valence-corrected chi connectivity index (χ1v) is 7.88. The highest BCUT2D eigenvalue weighted by molar-refractivity contribution is 5.77. The number of rotatable bonds is 0. The third-order valence-electron chi connectivity index (χ3n) is 5.88. The maximum absolute atomic E-state index is 12.2. The molecule has 18 heavy (non-hydrogen) atoms. The quantitative estimate of drug-likeness (QED) is 0.653. The molecule has 0 aromatic heterocycles. The van der Waals surface area contributed by atoms with Gasteiger partial charge in [0.2, 0.25) is 5.91 Å². The van der Waals surface area contributed by atoms with Crippen molar-refractivity contribution in [3.63, 3.8) is 0 Å². The monoisotopic (exact) mass is 248 g/mol. The summed E-state index contributed by atoms with van der Waals surface area (Å²) in [6, 6.07) is 1.41. The van der Waals surface area contributed by atoms with Crippen LogP contribution in [-0.2, 0) is 4.79 Å². The molecule has 0 aromatic carbocycles. The molecule has 0 radical (unpaired) electrons. The van der Waals surface area contributed by atoms with Gasteiger partial charge in [-0.1, -0.05) is 0 Å². The Hall–Kier alpha value is -0.570. The molecule has 4 aliphatic heterocycles. The molecule has 4 atom stereocenters. The lowest BCUT2D eigenvalue weighted by molar-refractivity contribution is -0.150. The van der Waals surface area contributed by atoms with Crippen LogP contribution in [0.5, 0.6) is 0 Å². The lowest BCUT2D eigenvalue weighted by Crippen LogP contribution is -2.66. The molecule has 0 bridgehead atoms. The van der Waals surface area contributed by atoms with Crippen LogP contribution >= 0.6 is 0 Å². The first kappa shape index (κ1) is 11.3. The summed E-state index contributed by atoms with van der Waals surface area (Å²) in [4.78, 5) is 17.2. The third kappa shape index (κ3) is 1.56. The lowest BCUT2D eigenvalue weighted by atomic mass is 9.68. The SMILES string of the molecule is O=C1CCC[C@@H]2C3CCCN4CCC[C@@H](CN12)C34. The van der Waals surface area contributed by atoms with Crippen molar-refractivity contribution in [3.05, 3.63) is 0 Å². The Kier molecular flexibility index (Phi) is 2.65. The molecule has 4 heterocycles. The van der Waals surface area contributed by atoms with E-state index in [0.29, 0.717) is 11.9 Å². The van der Waals surface area contributed by atoms with Gasteiger partial charge in [0, 0.05) is 25.0 Å². The van der Waals surface area contributed by atoms with Crippen molar-refractivity contribution < 1.29 is 4.79 Å². The van der Waals surface area contributed by atoms with Crippen molar-refractivity contribution >= 4 is 5.91 Å². The second kappa shape index (κ2) is 4.22. The molecule has 0 aromatic rings. The second-order valence-electron chi connectivity index (χ2n) is 6.74. The van der Waals surface area contributed by atoms with Crippen molar-refractivity contribution in [3.8, 4) is 0 Å². The van der Waals surface area contributed by atoms with E-state index in [4.69, 9.17) is 0 Å². The smallest absolute Gasteiger partial charge is 0.222 e. The Bertz CT molecular complexity index is 354. The summed E-state index contributed by atoms with van der Waals surface area (Å²) < 4.78 is 0. The van der Waals surface area contributed by atoms with Crippen molar-refractivity contribution in [1.29, 1.82) is 0 Å². The van der Waals surface area contributed by atoms with Gasteiger partial charge in [-0.3, -0.25) is 9.69 Å². The standard InChI is InChI=1S/C15H24N2O/c18-14-7-1-6-13-12-5-3-9-16-8-2-4-11(15(12)16)10-17(13)14/h11-13,15H,1-10H2/t11-,12?,13+,15?/m0/s1. The van der Waals surface area contributed by atoms with Crippen molar-refractivity contribution in [2.75, 3.05) is 19.6 Å². The Labute approximate surface area is 110 Å². The van der Waals surface area contributed by atoms with E-state index in [1.54, 1.807) is 0 Å². The zero-order valence-electron chi connectivity index (χ0n) is 11.2. The fourth-order valence-corrected chi connectivity index (χ4v) is 5.26. The second-order valence-corrected chi connectivity index (χ2v) is 6.74. The summed E-state index contributed by atoms with van der Waals surface area (Å²) in [5.74, 6) is 2.02. The van der Waals surface area contributed by atoms with Crippen LogP contribution in [0.15, 0.2) is 0 Å². The summed E-state index contributed by atoms with van der Waals surface area (Å²) in [5.41, 5.74) is 0. The molecule has 0 saturated carbocycles. The van der Waals surface area contributed by atoms with E-state index >= 15 is 0 Å². The molecule has 1 amide bonds. The van der Waals surface area contributed by atoms with E-state index in [1.807, 2.05) is 0 Å². The Morgan fingerprint density at radius 3 is 2.72 bits per heavy atom. The molecule has 3 nitrogen and oxygen atoms in total. The number of hydrogen-bond donors (Lipinski definition) is 0. The molecule has 0 aliphatic carbocycles. The van der Waals surface area contributed by atoms with Crippen molar-refractivity contribution in [1.82, 2.24) is 9.80 Å². The minimum absolute atomic E-state index is 0.451. The minimum Gasteiger partial charge on any atom is -0.339 e. The van der Waals surface area contributed by atoms with E-state index < -0.39 is 0 Å². The maximum Gasteiger partial charge on any atom is 0.222 e. The molecular weight excluding hydrogens is 224 g/mol. The van der Waals surface area contributed by atoms with E-state index in [1.165, 1.54) is 45.2 Å². The molecule has 3 heteroatoms. The molecule has 100 valence electrons. The van der Waals surface area contributed by atoms with Crippen molar-refractivity contribution in [2.45, 2.75) is 57.0 Å².